The molecule has 7 nitrogen and oxygen atoms in total. The summed E-state index contributed by atoms with van der Waals surface area (Å²) in [5.41, 5.74) is 2.21. The van der Waals surface area contributed by atoms with E-state index in [1.807, 2.05) is 18.2 Å². The second-order valence-electron chi connectivity index (χ2n) is 6.51. The van der Waals surface area contributed by atoms with Crippen LogP contribution in [0.25, 0.3) is 11.0 Å². The van der Waals surface area contributed by atoms with Crippen molar-refractivity contribution in [1.82, 2.24) is 10.5 Å². The molecule has 0 spiro atoms. The van der Waals surface area contributed by atoms with Crippen LogP contribution < -0.4 is 10.2 Å². The first-order valence-corrected chi connectivity index (χ1v) is 8.25. The lowest BCUT2D eigenvalue weighted by Gasteiger charge is -2.22. The summed E-state index contributed by atoms with van der Waals surface area (Å²) in [4.78, 5) is 25.8. The Bertz CT molecular complexity index is 800. The van der Waals surface area contributed by atoms with Crippen LogP contribution in [0, 0.1) is 5.92 Å². The van der Waals surface area contributed by atoms with Crippen LogP contribution in [0.3, 0.4) is 0 Å². The van der Waals surface area contributed by atoms with E-state index in [0.717, 1.165) is 30.6 Å². The van der Waals surface area contributed by atoms with E-state index in [4.69, 9.17) is 4.52 Å². The molecule has 2 aromatic rings. The van der Waals surface area contributed by atoms with E-state index in [1.165, 1.54) is 0 Å². The zero-order valence-electron chi connectivity index (χ0n) is 13.2. The first kappa shape index (κ1) is 15.1. The van der Waals surface area contributed by atoms with Crippen molar-refractivity contribution in [2.24, 2.45) is 5.92 Å². The Morgan fingerprint density at radius 3 is 2.96 bits per heavy atom. The van der Waals surface area contributed by atoms with Gasteiger partial charge in [0, 0.05) is 37.7 Å². The average Bonchev–Trinajstić information content (AvgIpc) is 3.21. The van der Waals surface area contributed by atoms with Crippen LogP contribution in [-0.2, 0) is 9.59 Å². The molecule has 4 rings (SSSR count). The van der Waals surface area contributed by atoms with Crippen LogP contribution in [0.2, 0.25) is 0 Å². The lowest BCUT2D eigenvalue weighted by Crippen LogP contribution is -2.39. The molecule has 0 aliphatic carbocycles. The molecule has 0 bridgehead atoms. The molecular formula is C17H19N3O4. The number of aliphatic hydroxyl groups excluding tert-OH is 1. The summed E-state index contributed by atoms with van der Waals surface area (Å²) in [7, 11) is 0. The van der Waals surface area contributed by atoms with E-state index in [1.54, 1.807) is 0 Å². The van der Waals surface area contributed by atoms with Gasteiger partial charge in [-0.1, -0.05) is 11.2 Å². The zero-order chi connectivity index (χ0) is 16.7. The maximum atomic E-state index is 12.2. The summed E-state index contributed by atoms with van der Waals surface area (Å²) >= 11 is 0. The van der Waals surface area contributed by atoms with Crippen LogP contribution in [0.4, 0.5) is 5.69 Å². The third kappa shape index (κ3) is 2.45. The quantitative estimate of drug-likeness (QED) is 0.821. The molecule has 1 unspecified atom stereocenters. The standard InChI is InChI=1S/C17H19N3O4/c21-9-10-6-7-20(8-10)12-2-1-3-13-15(12)16(19-24-13)11-4-5-14(22)18-17(11)23/h1-3,10-11,21H,4-9H2,(H,18,22,23)/t10-,11?/m0/s1. The van der Waals surface area contributed by atoms with E-state index < -0.39 is 5.92 Å². The summed E-state index contributed by atoms with van der Waals surface area (Å²) in [6, 6.07) is 5.73. The molecule has 1 aromatic heterocycles. The van der Waals surface area contributed by atoms with Crippen molar-refractivity contribution in [2.75, 3.05) is 24.6 Å². The third-order valence-electron chi connectivity index (χ3n) is 4.96. The van der Waals surface area contributed by atoms with E-state index in [9.17, 15) is 14.7 Å². The fraction of sp³-hybridized carbons (Fsp3) is 0.471. The number of amides is 2. The minimum absolute atomic E-state index is 0.177. The number of carbonyl (C=O) groups excluding carboxylic acids is 2. The van der Waals surface area contributed by atoms with Crippen molar-refractivity contribution in [3.8, 4) is 0 Å². The molecule has 2 N–H and O–H groups in total. The molecule has 2 fully saturated rings. The van der Waals surface area contributed by atoms with Gasteiger partial charge in [0.25, 0.3) is 0 Å². The SMILES string of the molecule is O=C1CCC(c2noc3cccc(N4CC[C@H](CO)C4)c23)C(=O)N1. The van der Waals surface area contributed by atoms with Gasteiger partial charge in [-0.05, 0) is 25.0 Å². The normalized spacial score (nSPS) is 24.6. The highest BCUT2D eigenvalue weighted by atomic mass is 16.5. The van der Waals surface area contributed by atoms with Crippen molar-refractivity contribution in [3.63, 3.8) is 0 Å². The number of benzene rings is 1. The van der Waals surface area contributed by atoms with Crippen molar-refractivity contribution in [2.45, 2.75) is 25.2 Å². The lowest BCUT2D eigenvalue weighted by atomic mass is 9.92. The Kier molecular flexibility index (Phi) is 3.72. The predicted molar refractivity (Wildman–Crippen MR) is 86.5 cm³/mol. The third-order valence-corrected chi connectivity index (χ3v) is 4.96. The van der Waals surface area contributed by atoms with Gasteiger partial charge >= 0.3 is 0 Å². The number of anilines is 1. The Morgan fingerprint density at radius 2 is 2.21 bits per heavy atom. The molecule has 2 saturated heterocycles. The molecule has 0 radical (unpaired) electrons. The molecule has 0 saturated carbocycles. The van der Waals surface area contributed by atoms with Crippen molar-refractivity contribution >= 4 is 28.5 Å². The van der Waals surface area contributed by atoms with Gasteiger partial charge in [-0.3, -0.25) is 14.9 Å². The van der Waals surface area contributed by atoms with Gasteiger partial charge in [0.2, 0.25) is 11.8 Å². The van der Waals surface area contributed by atoms with Crippen LogP contribution in [0.5, 0.6) is 0 Å². The number of aromatic nitrogens is 1. The maximum absolute atomic E-state index is 12.2. The van der Waals surface area contributed by atoms with E-state index >= 15 is 0 Å². The number of nitrogens with one attached hydrogen (secondary N) is 1. The van der Waals surface area contributed by atoms with E-state index in [0.29, 0.717) is 24.1 Å². The van der Waals surface area contributed by atoms with E-state index in [2.05, 4.69) is 15.4 Å². The first-order valence-electron chi connectivity index (χ1n) is 8.25. The minimum atomic E-state index is -0.471. The minimum Gasteiger partial charge on any atom is -0.396 e. The summed E-state index contributed by atoms with van der Waals surface area (Å²) in [5, 5.41) is 16.7. The van der Waals surface area contributed by atoms with Gasteiger partial charge in [-0.25, -0.2) is 0 Å². The molecule has 7 heteroatoms. The fourth-order valence-electron chi connectivity index (χ4n) is 3.65. The van der Waals surface area contributed by atoms with Crippen molar-refractivity contribution in [3.05, 3.63) is 23.9 Å². The van der Waals surface area contributed by atoms with Gasteiger partial charge in [0.05, 0.1) is 11.3 Å². The molecule has 126 valence electrons. The van der Waals surface area contributed by atoms with Crippen molar-refractivity contribution in [1.29, 1.82) is 0 Å². The first-order chi connectivity index (χ1) is 11.7. The highest BCUT2D eigenvalue weighted by molar-refractivity contribution is 6.04. The topological polar surface area (TPSA) is 95.7 Å². The number of nitrogens with zero attached hydrogens (tertiary/aromatic N) is 2. The summed E-state index contributed by atoms with van der Waals surface area (Å²) in [6.45, 7) is 1.80. The summed E-state index contributed by atoms with van der Waals surface area (Å²) in [5.74, 6) is -0.763. The molecular weight excluding hydrogens is 310 g/mol. The molecule has 1 aromatic carbocycles. The molecule has 3 heterocycles. The van der Waals surface area contributed by atoms with Gasteiger partial charge in [-0.2, -0.15) is 0 Å². The molecule has 24 heavy (non-hydrogen) atoms. The number of aliphatic hydroxyl groups is 1. The number of carbonyl (C=O) groups is 2. The smallest absolute Gasteiger partial charge is 0.235 e. The average molecular weight is 329 g/mol. The summed E-state index contributed by atoms with van der Waals surface area (Å²) < 4.78 is 5.44. The molecule has 2 aliphatic heterocycles. The molecule has 2 aliphatic rings. The number of fused-ring (bicyclic) bond motifs is 1. The highest BCUT2D eigenvalue weighted by Crippen LogP contribution is 2.37. The van der Waals surface area contributed by atoms with Gasteiger partial charge < -0.3 is 14.5 Å². The van der Waals surface area contributed by atoms with Crippen LogP contribution in [-0.4, -0.2) is 41.8 Å². The van der Waals surface area contributed by atoms with Gasteiger partial charge in [0.15, 0.2) is 5.58 Å². The maximum Gasteiger partial charge on any atom is 0.235 e. The second kappa shape index (κ2) is 5.90. The van der Waals surface area contributed by atoms with Crippen LogP contribution >= 0.6 is 0 Å². The number of hydrogen-bond donors (Lipinski definition) is 2. The summed E-state index contributed by atoms with van der Waals surface area (Å²) in [6.07, 6.45) is 1.69. The van der Waals surface area contributed by atoms with Crippen LogP contribution in [0.15, 0.2) is 22.7 Å². The van der Waals surface area contributed by atoms with Crippen LogP contribution in [0.1, 0.15) is 30.9 Å². The second-order valence-corrected chi connectivity index (χ2v) is 6.51. The number of imide groups is 1. The Hall–Kier alpha value is -2.41. The number of rotatable bonds is 3. The highest BCUT2D eigenvalue weighted by Gasteiger charge is 2.34. The lowest BCUT2D eigenvalue weighted by molar-refractivity contribution is -0.134. The molecule has 2 amide bonds. The van der Waals surface area contributed by atoms with Gasteiger partial charge in [0.1, 0.15) is 5.69 Å². The Balaban J connectivity index is 1.75. The zero-order valence-corrected chi connectivity index (χ0v) is 13.2. The number of piperidine rings is 1. The largest absolute Gasteiger partial charge is 0.396 e. The Labute approximate surface area is 138 Å². The predicted octanol–water partition coefficient (Wildman–Crippen LogP) is 1.17. The van der Waals surface area contributed by atoms with E-state index in [-0.39, 0.29) is 24.3 Å². The number of hydrogen-bond acceptors (Lipinski definition) is 6. The molecule has 2 atom stereocenters. The Morgan fingerprint density at radius 1 is 1.33 bits per heavy atom. The van der Waals surface area contributed by atoms with Crippen molar-refractivity contribution < 1.29 is 19.2 Å². The fourth-order valence-corrected chi connectivity index (χ4v) is 3.65. The monoisotopic (exact) mass is 329 g/mol. The van der Waals surface area contributed by atoms with Gasteiger partial charge in [-0.15, -0.1) is 0 Å².